The van der Waals surface area contributed by atoms with Gasteiger partial charge in [-0.1, -0.05) is 32.7 Å². The number of hydrogen-bond acceptors (Lipinski definition) is 5. The zero-order chi connectivity index (χ0) is 14.5. The van der Waals surface area contributed by atoms with Crippen LogP contribution in [0.15, 0.2) is 27.2 Å². The Morgan fingerprint density at radius 1 is 1.50 bits per heavy atom. The molecule has 1 N–H and O–H groups in total. The molecular weight excluding hydrogens is 346 g/mol. The zero-order valence-corrected chi connectivity index (χ0v) is 13.5. The molecule has 1 atom stereocenters. The highest BCUT2D eigenvalue weighted by Gasteiger charge is 2.10. The molecule has 0 radical (unpaired) electrons. The van der Waals surface area contributed by atoms with Crippen molar-refractivity contribution < 1.29 is 9.26 Å². The van der Waals surface area contributed by atoms with Crippen LogP contribution < -0.4 is 10.1 Å². The smallest absolute Gasteiger partial charge is 0.264 e. The van der Waals surface area contributed by atoms with Gasteiger partial charge < -0.3 is 14.6 Å². The topological polar surface area (TPSA) is 60.2 Å². The summed E-state index contributed by atoms with van der Waals surface area (Å²) < 4.78 is 11.6. The summed E-state index contributed by atoms with van der Waals surface area (Å²) in [6.07, 6.45) is 0.707. The van der Waals surface area contributed by atoms with E-state index in [-0.39, 0.29) is 6.61 Å². The lowest BCUT2D eigenvalue weighted by atomic mass is 10.2. The minimum absolute atomic E-state index is 0.197. The number of hydrogen-bond donors (Lipinski definition) is 1. The molecule has 0 saturated carbocycles. The fraction of sp³-hybridized carbons (Fsp3) is 0.385. The molecule has 1 unspecified atom stereocenters. The second kappa shape index (κ2) is 7.06. The molecule has 0 spiro atoms. The molecule has 1 aromatic carbocycles. The molecule has 2 aromatic rings. The van der Waals surface area contributed by atoms with E-state index in [1.165, 1.54) is 0 Å². The Morgan fingerprint density at radius 2 is 2.30 bits per heavy atom. The van der Waals surface area contributed by atoms with Crippen LogP contribution in [0.3, 0.4) is 0 Å². The van der Waals surface area contributed by atoms with Gasteiger partial charge in [-0.05, 0) is 32.2 Å². The summed E-state index contributed by atoms with van der Waals surface area (Å²) in [5.41, 5.74) is 0. The average Bonchev–Trinajstić information content (AvgIpc) is 2.85. The van der Waals surface area contributed by atoms with Gasteiger partial charge in [0, 0.05) is 16.9 Å². The summed E-state index contributed by atoms with van der Waals surface area (Å²) in [5, 5.41) is 7.56. The van der Waals surface area contributed by atoms with E-state index < -0.39 is 0 Å². The predicted octanol–water partition coefficient (Wildman–Crippen LogP) is 3.21. The normalized spacial score (nSPS) is 12.4. The molecule has 0 aliphatic carbocycles. The monoisotopic (exact) mass is 359 g/mol. The number of aromatic nitrogens is 2. The van der Waals surface area contributed by atoms with Crippen molar-refractivity contribution in [3.8, 4) is 5.75 Å². The average molecular weight is 361 g/mol. The molecule has 108 valence electrons. The highest BCUT2D eigenvalue weighted by atomic mass is 79.9. The molecule has 0 aliphatic heterocycles. The van der Waals surface area contributed by atoms with Gasteiger partial charge in [-0.25, -0.2) is 0 Å². The van der Waals surface area contributed by atoms with Crippen LogP contribution in [0.25, 0.3) is 0 Å². The van der Waals surface area contributed by atoms with Gasteiger partial charge in [0.2, 0.25) is 0 Å². The van der Waals surface area contributed by atoms with E-state index in [1.54, 1.807) is 12.1 Å². The molecule has 1 heterocycles. The van der Waals surface area contributed by atoms with Gasteiger partial charge in [-0.2, -0.15) is 4.98 Å². The van der Waals surface area contributed by atoms with Crippen molar-refractivity contribution in [1.82, 2.24) is 15.5 Å². The Hall–Kier alpha value is -1.11. The van der Waals surface area contributed by atoms with Crippen molar-refractivity contribution in [3.63, 3.8) is 0 Å². The van der Waals surface area contributed by atoms with Crippen LogP contribution in [0.4, 0.5) is 0 Å². The summed E-state index contributed by atoms with van der Waals surface area (Å²) >= 11 is 9.40. The van der Waals surface area contributed by atoms with Crippen LogP contribution in [0.1, 0.15) is 18.6 Å². The third-order valence-corrected chi connectivity index (χ3v) is 3.53. The van der Waals surface area contributed by atoms with Crippen LogP contribution in [-0.4, -0.2) is 23.2 Å². The number of benzene rings is 1. The first kappa shape index (κ1) is 15.3. The van der Waals surface area contributed by atoms with Crippen LogP contribution in [0, 0.1) is 0 Å². The fourth-order valence-electron chi connectivity index (χ4n) is 1.54. The van der Waals surface area contributed by atoms with Crippen LogP contribution in [-0.2, 0) is 13.0 Å². The number of halogens is 2. The second-order valence-corrected chi connectivity index (χ2v) is 5.68. The molecule has 0 aliphatic rings. The van der Waals surface area contributed by atoms with E-state index in [4.69, 9.17) is 20.9 Å². The van der Waals surface area contributed by atoms with E-state index in [0.717, 1.165) is 4.47 Å². The van der Waals surface area contributed by atoms with Gasteiger partial charge >= 0.3 is 0 Å². The standard InChI is InChI=1S/C13H15BrClN3O2/c1-8(16-2)5-12-17-13(20-18-12)7-19-11-4-3-9(14)6-10(11)15/h3-4,6,8,16H,5,7H2,1-2H3. The minimum atomic E-state index is 0.197. The van der Waals surface area contributed by atoms with Crippen LogP contribution in [0.2, 0.25) is 5.02 Å². The molecule has 0 amide bonds. The van der Waals surface area contributed by atoms with E-state index >= 15 is 0 Å². The highest BCUT2D eigenvalue weighted by Crippen LogP contribution is 2.28. The first-order valence-corrected chi connectivity index (χ1v) is 7.32. The maximum absolute atomic E-state index is 6.06. The summed E-state index contributed by atoms with van der Waals surface area (Å²) in [5.74, 6) is 1.67. The van der Waals surface area contributed by atoms with Crippen LogP contribution in [0.5, 0.6) is 5.75 Å². The lowest BCUT2D eigenvalue weighted by Gasteiger charge is -2.05. The maximum atomic E-state index is 6.06. The molecule has 5 nitrogen and oxygen atoms in total. The molecule has 0 bridgehead atoms. The van der Waals surface area contributed by atoms with Gasteiger partial charge in [-0.15, -0.1) is 0 Å². The molecule has 0 saturated heterocycles. The van der Waals surface area contributed by atoms with E-state index in [2.05, 4.69) is 31.4 Å². The van der Waals surface area contributed by atoms with Crippen molar-refractivity contribution in [2.45, 2.75) is 26.0 Å². The Bertz CT molecular complexity index is 576. The SMILES string of the molecule is CNC(C)Cc1noc(COc2ccc(Br)cc2Cl)n1. The van der Waals surface area contributed by atoms with Gasteiger partial charge in [0.1, 0.15) is 5.75 Å². The van der Waals surface area contributed by atoms with Gasteiger partial charge in [0.15, 0.2) is 12.4 Å². The summed E-state index contributed by atoms with van der Waals surface area (Å²) in [6, 6.07) is 5.70. The quantitative estimate of drug-likeness (QED) is 0.857. The second-order valence-electron chi connectivity index (χ2n) is 4.36. The van der Waals surface area contributed by atoms with Crippen molar-refractivity contribution >= 4 is 27.5 Å². The largest absolute Gasteiger partial charge is 0.482 e. The Labute approximate surface area is 130 Å². The Morgan fingerprint density at radius 3 is 3.00 bits per heavy atom. The Balaban J connectivity index is 1.94. The van der Waals surface area contributed by atoms with E-state index in [1.807, 2.05) is 20.0 Å². The lowest BCUT2D eigenvalue weighted by Crippen LogP contribution is -2.24. The minimum Gasteiger partial charge on any atom is -0.482 e. The van der Waals surface area contributed by atoms with Crippen molar-refractivity contribution in [2.75, 3.05) is 7.05 Å². The number of nitrogens with one attached hydrogen (secondary N) is 1. The number of rotatable bonds is 6. The molecule has 1 aromatic heterocycles. The van der Waals surface area contributed by atoms with Gasteiger partial charge in [0.05, 0.1) is 5.02 Å². The number of nitrogens with zero attached hydrogens (tertiary/aromatic N) is 2. The van der Waals surface area contributed by atoms with Crippen molar-refractivity contribution in [1.29, 1.82) is 0 Å². The third-order valence-electron chi connectivity index (χ3n) is 2.74. The summed E-state index contributed by atoms with van der Waals surface area (Å²) in [7, 11) is 1.89. The van der Waals surface area contributed by atoms with Gasteiger partial charge in [-0.3, -0.25) is 0 Å². The molecule has 7 heteroatoms. The zero-order valence-electron chi connectivity index (χ0n) is 11.2. The fourth-order valence-corrected chi connectivity index (χ4v) is 2.27. The van der Waals surface area contributed by atoms with Crippen LogP contribution >= 0.6 is 27.5 Å². The molecule has 2 rings (SSSR count). The molecular formula is C13H15BrClN3O2. The lowest BCUT2D eigenvalue weighted by molar-refractivity contribution is 0.242. The van der Waals surface area contributed by atoms with Gasteiger partial charge in [0.25, 0.3) is 5.89 Å². The number of likely N-dealkylation sites (N-methyl/N-ethyl adjacent to an activating group) is 1. The molecule has 0 fully saturated rings. The summed E-state index contributed by atoms with van der Waals surface area (Å²) in [6.45, 7) is 2.25. The van der Waals surface area contributed by atoms with E-state index in [9.17, 15) is 0 Å². The first-order chi connectivity index (χ1) is 9.58. The third kappa shape index (κ3) is 4.19. The van der Waals surface area contributed by atoms with Crippen molar-refractivity contribution in [2.24, 2.45) is 0 Å². The maximum Gasteiger partial charge on any atom is 0.264 e. The first-order valence-electron chi connectivity index (χ1n) is 6.15. The van der Waals surface area contributed by atoms with Crippen molar-refractivity contribution in [3.05, 3.63) is 39.4 Å². The highest BCUT2D eigenvalue weighted by molar-refractivity contribution is 9.10. The summed E-state index contributed by atoms with van der Waals surface area (Å²) in [4.78, 5) is 4.27. The number of ether oxygens (including phenoxy) is 1. The Kier molecular flexibility index (Phi) is 5.39. The van der Waals surface area contributed by atoms with E-state index in [0.29, 0.717) is 34.9 Å². The predicted molar refractivity (Wildman–Crippen MR) is 80.0 cm³/mol. The molecule has 20 heavy (non-hydrogen) atoms.